The van der Waals surface area contributed by atoms with Gasteiger partial charge in [0.1, 0.15) is 13.2 Å². The van der Waals surface area contributed by atoms with Crippen LogP contribution in [0.3, 0.4) is 0 Å². The van der Waals surface area contributed by atoms with E-state index < -0.39 is 24.3 Å². The van der Waals surface area contributed by atoms with E-state index in [0.717, 1.165) is 116 Å². The van der Waals surface area contributed by atoms with Crippen molar-refractivity contribution in [1.82, 2.24) is 0 Å². The first-order valence-electron chi connectivity index (χ1n) is 32.8. The molecule has 0 bridgehead atoms. The zero-order valence-electron chi connectivity index (χ0n) is 53.1. The summed E-state index contributed by atoms with van der Waals surface area (Å²) in [6.07, 6.45) is 86.9. The normalized spacial score (nSPS) is 13.6. The molecular formula is C73H122NO8+. The second-order valence-electron chi connectivity index (χ2n) is 22.7. The Morgan fingerprint density at radius 3 is 1.04 bits per heavy atom. The predicted octanol–water partition coefficient (Wildman–Crippen LogP) is 20.2. The van der Waals surface area contributed by atoms with Crippen LogP contribution in [0.4, 0.5) is 0 Å². The molecule has 0 amide bonds. The highest BCUT2D eigenvalue weighted by Crippen LogP contribution is 2.16. The molecule has 0 aliphatic heterocycles. The van der Waals surface area contributed by atoms with Crippen molar-refractivity contribution < 1.29 is 42.9 Å². The van der Waals surface area contributed by atoms with Gasteiger partial charge in [-0.25, -0.2) is 4.79 Å². The predicted molar refractivity (Wildman–Crippen MR) is 350 cm³/mol. The van der Waals surface area contributed by atoms with Gasteiger partial charge in [-0.15, -0.1) is 0 Å². The van der Waals surface area contributed by atoms with E-state index >= 15 is 0 Å². The molecule has 0 aromatic rings. The average molecular weight is 1140 g/mol. The largest absolute Gasteiger partial charge is 0.477 e. The number of aliphatic carboxylic acids is 1. The number of hydrogen-bond donors (Lipinski definition) is 1. The van der Waals surface area contributed by atoms with Crippen molar-refractivity contribution >= 4 is 17.9 Å². The molecule has 0 aromatic carbocycles. The van der Waals surface area contributed by atoms with Crippen molar-refractivity contribution in [3.8, 4) is 0 Å². The van der Waals surface area contributed by atoms with E-state index in [2.05, 4.69) is 148 Å². The third-order valence-corrected chi connectivity index (χ3v) is 13.7. The van der Waals surface area contributed by atoms with E-state index in [9.17, 15) is 19.5 Å². The summed E-state index contributed by atoms with van der Waals surface area (Å²) in [7, 11) is 5.96. The zero-order chi connectivity index (χ0) is 59.8. The summed E-state index contributed by atoms with van der Waals surface area (Å²) >= 11 is 0. The number of unbranched alkanes of at least 4 members (excludes halogenated alkanes) is 22. The van der Waals surface area contributed by atoms with Crippen LogP contribution in [0.15, 0.2) is 134 Å². The van der Waals surface area contributed by atoms with E-state index in [-0.39, 0.29) is 32.2 Å². The highest BCUT2D eigenvalue weighted by atomic mass is 16.7. The maximum Gasteiger partial charge on any atom is 0.361 e. The quantitative estimate of drug-likeness (QED) is 0.0211. The van der Waals surface area contributed by atoms with Crippen LogP contribution in [0.1, 0.15) is 251 Å². The van der Waals surface area contributed by atoms with Gasteiger partial charge in [0.15, 0.2) is 6.10 Å². The van der Waals surface area contributed by atoms with Crippen molar-refractivity contribution in [2.24, 2.45) is 0 Å². The lowest BCUT2D eigenvalue weighted by Gasteiger charge is -2.25. The van der Waals surface area contributed by atoms with Crippen LogP contribution in [-0.2, 0) is 33.3 Å². The third kappa shape index (κ3) is 63.0. The number of likely N-dealkylation sites (N-methyl/N-ethyl adjacent to an activating group) is 1. The second-order valence-corrected chi connectivity index (χ2v) is 22.7. The van der Waals surface area contributed by atoms with Gasteiger partial charge in [0.25, 0.3) is 6.29 Å². The smallest absolute Gasteiger partial charge is 0.361 e. The SMILES string of the molecule is CC/C=C\C/C=C\C/C=C\C/C=C\C/C=C\C/C=C\C/C=C\C/C=C\C/C=C\C/C=C\C/C=C\CCCCCCCCCC(=O)OC(COC(=O)CCCCCCCCCCCCCCCCCC)COC(OCC[N+](C)(C)C)C(=O)O. The molecule has 9 nitrogen and oxygen atoms in total. The molecule has 466 valence electrons. The summed E-state index contributed by atoms with van der Waals surface area (Å²) in [6, 6.07) is 0. The van der Waals surface area contributed by atoms with Crippen LogP contribution in [0.2, 0.25) is 0 Å². The molecule has 2 atom stereocenters. The minimum atomic E-state index is -1.52. The Kier molecular flexibility index (Phi) is 59.0. The molecule has 0 aromatic heterocycles. The van der Waals surface area contributed by atoms with Crippen LogP contribution >= 0.6 is 0 Å². The van der Waals surface area contributed by atoms with E-state index in [0.29, 0.717) is 23.9 Å². The fourth-order valence-corrected chi connectivity index (χ4v) is 8.67. The molecule has 0 saturated heterocycles. The van der Waals surface area contributed by atoms with E-state index in [1.807, 2.05) is 21.1 Å². The van der Waals surface area contributed by atoms with Gasteiger partial charge in [-0.05, 0) is 96.3 Å². The molecule has 0 aliphatic rings. The zero-order valence-corrected chi connectivity index (χ0v) is 53.1. The highest BCUT2D eigenvalue weighted by molar-refractivity contribution is 5.71. The van der Waals surface area contributed by atoms with Crippen molar-refractivity contribution in [1.29, 1.82) is 0 Å². The summed E-state index contributed by atoms with van der Waals surface area (Å²) < 4.78 is 22.9. The number of ether oxygens (including phenoxy) is 4. The first-order chi connectivity index (χ1) is 40.1. The fourth-order valence-electron chi connectivity index (χ4n) is 8.67. The van der Waals surface area contributed by atoms with Gasteiger partial charge in [0, 0.05) is 12.8 Å². The second kappa shape index (κ2) is 62.5. The van der Waals surface area contributed by atoms with Crippen molar-refractivity contribution in [2.75, 3.05) is 47.5 Å². The standard InChI is InChI=1S/C73H121NO8/c1-6-8-10-12-14-16-18-20-22-24-25-26-27-28-29-30-31-32-33-34-35-36-37-38-39-40-41-42-43-44-45-46-47-48-50-52-54-56-58-60-62-64-71(76)82-69(68-81-73(72(77)78)79-66-65-74(3,4)5)67-80-70(75)63-61-59-57-55-53-51-49-23-21-19-17-15-13-11-9-7-2/h8,10,14,16,20,22,25-26,28-29,31-32,34-35,37-38,40-41,43-44,46-47,69,73H,6-7,9,11-13,15,17-19,21,23-24,27,30,33,36,39,42,45,48-68H2,1-5H3/p+1/b10-8-,16-14-,22-20-,26-25-,29-28-,32-31-,35-34-,38-37-,41-40-,44-43-,47-46-. The minimum Gasteiger partial charge on any atom is -0.477 e. The van der Waals surface area contributed by atoms with Gasteiger partial charge >= 0.3 is 17.9 Å². The molecule has 82 heavy (non-hydrogen) atoms. The van der Waals surface area contributed by atoms with Crippen molar-refractivity contribution in [3.05, 3.63) is 134 Å². The number of carbonyl (C=O) groups excluding carboxylic acids is 2. The van der Waals surface area contributed by atoms with Gasteiger partial charge < -0.3 is 28.5 Å². The Bertz CT molecular complexity index is 1810. The van der Waals surface area contributed by atoms with Crippen LogP contribution in [0.5, 0.6) is 0 Å². The van der Waals surface area contributed by atoms with Gasteiger partial charge in [-0.2, -0.15) is 0 Å². The molecule has 0 saturated carbocycles. The lowest BCUT2D eigenvalue weighted by Crippen LogP contribution is -2.40. The van der Waals surface area contributed by atoms with E-state index in [4.69, 9.17) is 18.9 Å². The Balaban J connectivity index is 4.18. The number of quaternary nitrogens is 1. The highest BCUT2D eigenvalue weighted by Gasteiger charge is 2.25. The van der Waals surface area contributed by atoms with Gasteiger partial charge in [0.05, 0.1) is 34.4 Å². The Labute approximate surface area is 503 Å². The van der Waals surface area contributed by atoms with Gasteiger partial charge in [-0.1, -0.05) is 276 Å². The monoisotopic (exact) mass is 1140 g/mol. The fraction of sp³-hybridized carbons (Fsp3) is 0.658. The number of nitrogens with zero attached hydrogens (tertiary/aromatic N) is 1. The molecule has 0 radical (unpaired) electrons. The Morgan fingerprint density at radius 2 is 0.695 bits per heavy atom. The van der Waals surface area contributed by atoms with Gasteiger partial charge in [0.2, 0.25) is 0 Å². The summed E-state index contributed by atoms with van der Waals surface area (Å²) in [6.45, 7) is 4.75. The topological polar surface area (TPSA) is 108 Å². The Hall–Kier alpha value is -4.57. The van der Waals surface area contributed by atoms with Gasteiger partial charge in [-0.3, -0.25) is 9.59 Å². The van der Waals surface area contributed by atoms with Crippen LogP contribution in [0.25, 0.3) is 0 Å². The molecule has 0 heterocycles. The Morgan fingerprint density at radius 1 is 0.378 bits per heavy atom. The molecule has 2 unspecified atom stereocenters. The minimum absolute atomic E-state index is 0.181. The molecule has 0 spiro atoms. The van der Waals surface area contributed by atoms with Crippen LogP contribution < -0.4 is 0 Å². The molecule has 0 aliphatic carbocycles. The molecule has 0 fully saturated rings. The molecular weight excluding hydrogens is 1020 g/mol. The van der Waals surface area contributed by atoms with Crippen LogP contribution in [0, 0.1) is 0 Å². The van der Waals surface area contributed by atoms with E-state index in [1.165, 1.54) is 103 Å². The summed E-state index contributed by atoms with van der Waals surface area (Å²) in [5, 5.41) is 9.72. The summed E-state index contributed by atoms with van der Waals surface area (Å²) in [5.74, 6) is -2.02. The lowest BCUT2D eigenvalue weighted by atomic mass is 10.0. The number of carboxylic acids is 1. The number of rotatable bonds is 59. The average Bonchev–Trinajstić information content (AvgIpc) is 3.45. The van der Waals surface area contributed by atoms with E-state index in [1.54, 1.807) is 0 Å². The van der Waals surface area contributed by atoms with Crippen molar-refractivity contribution in [2.45, 2.75) is 264 Å². The van der Waals surface area contributed by atoms with Crippen LogP contribution in [-0.4, -0.2) is 87.4 Å². The molecule has 1 N–H and O–H groups in total. The summed E-state index contributed by atoms with van der Waals surface area (Å²) in [4.78, 5) is 37.5. The first kappa shape index (κ1) is 77.4. The number of carbonyl (C=O) groups is 3. The lowest BCUT2D eigenvalue weighted by molar-refractivity contribution is -0.870. The third-order valence-electron chi connectivity index (χ3n) is 13.7. The summed E-state index contributed by atoms with van der Waals surface area (Å²) in [5.41, 5.74) is 0. The first-order valence-corrected chi connectivity index (χ1v) is 32.8. The maximum absolute atomic E-state index is 12.9. The number of esters is 2. The van der Waals surface area contributed by atoms with Crippen molar-refractivity contribution in [3.63, 3.8) is 0 Å². The molecule has 9 heteroatoms. The number of carboxylic acid groups (broad SMARTS) is 1. The number of hydrogen-bond acceptors (Lipinski definition) is 7. The molecule has 0 rings (SSSR count). The maximum atomic E-state index is 12.9. The number of allylic oxidation sites excluding steroid dienone is 22.